The van der Waals surface area contributed by atoms with Gasteiger partial charge in [0, 0.05) is 0 Å². The highest BCUT2D eigenvalue weighted by molar-refractivity contribution is 6.33. The molecule has 0 bridgehead atoms. The topological polar surface area (TPSA) is 51.1 Å². The van der Waals surface area contributed by atoms with Crippen molar-refractivity contribution in [1.29, 1.82) is 0 Å². The lowest BCUT2D eigenvalue weighted by Gasteiger charge is -2.12. The van der Waals surface area contributed by atoms with Gasteiger partial charge in [-0.3, -0.25) is 4.79 Å². The fourth-order valence-electron chi connectivity index (χ4n) is 2.67. The predicted molar refractivity (Wildman–Crippen MR) is 107 cm³/mol. The van der Waals surface area contributed by atoms with Gasteiger partial charge in [0.15, 0.2) is 11.5 Å². The van der Waals surface area contributed by atoms with Crippen LogP contribution in [0.25, 0.3) is 6.08 Å². The lowest BCUT2D eigenvalue weighted by atomic mass is 10.1. The Balaban J connectivity index is 1.95. The van der Waals surface area contributed by atoms with Gasteiger partial charge in [0.25, 0.3) is 5.91 Å². The molecule has 3 rings (SSSR count). The van der Waals surface area contributed by atoms with Crippen molar-refractivity contribution in [3.8, 4) is 23.8 Å². The zero-order chi connectivity index (χ0) is 19.4. The van der Waals surface area contributed by atoms with E-state index in [1.807, 2.05) is 30.3 Å². The number of hydrogen-bond donors (Lipinski definition) is 0. The molecule has 1 aliphatic rings. The van der Waals surface area contributed by atoms with Crippen molar-refractivity contribution in [3.63, 3.8) is 0 Å². The van der Waals surface area contributed by atoms with Gasteiger partial charge in [0.1, 0.15) is 6.61 Å². The second-order valence-electron chi connectivity index (χ2n) is 5.72. The molecule has 1 heterocycles. The largest absolute Gasteiger partial charge is 0.493 e. The predicted octanol–water partition coefficient (Wildman–Crippen LogP) is 4.17. The molecule has 0 N–H and O–H groups in total. The Morgan fingerprint density at radius 3 is 2.70 bits per heavy atom. The number of methoxy groups -OCH3 is 1. The Kier molecular flexibility index (Phi) is 5.49. The molecule has 2 aromatic rings. The van der Waals surface area contributed by atoms with Crippen LogP contribution in [0.4, 0.5) is 5.69 Å². The van der Waals surface area contributed by atoms with Crippen LogP contribution in [0, 0.1) is 12.3 Å². The number of anilines is 1. The molecule has 27 heavy (non-hydrogen) atoms. The van der Waals surface area contributed by atoms with E-state index in [1.165, 1.54) is 12.1 Å². The summed E-state index contributed by atoms with van der Waals surface area (Å²) in [6, 6.07) is 12.7. The number of hydrogen-bond acceptors (Lipinski definition) is 4. The molecule has 0 radical (unpaired) electrons. The molecule has 0 saturated carbocycles. The molecular formula is C21H17ClN2O3. The Labute approximate surface area is 162 Å². The number of benzene rings is 2. The molecule has 1 amide bonds. The maximum atomic E-state index is 12.8. The molecule has 2 aromatic carbocycles. The molecule has 0 fully saturated rings. The van der Waals surface area contributed by atoms with E-state index < -0.39 is 0 Å². The number of terminal acetylenes is 1. The number of ether oxygens (including phenoxy) is 2. The molecule has 1 aliphatic heterocycles. The molecule has 0 atom stereocenters. The van der Waals surface area contributed by atoms with Crippen LogP contribution in [0.3, 0.4) is 0 Å². The fraction of sp³-hybridized carbons (Fsp3) is 0.143. The molecule has 136 valence electrons. The first-order chi connectivity index (χ1) is 13.0. The minimum atomic E-state index is -0.207. The number of carbonyl (C=O) groups excluding carboxylic acids is 1. The number of carbonyl (C=O) groups is 1. The summed E-state index contributed by atoms with van der Waals surface area (Å²) < 4.78 is 10.8. The van der Waals surface area contributed by atoms with Crippen LogP contribution in [0.1, 0.15) is 12.5 Å². The van der Waals surface area contributed by atoms with E-state index in [0.29, 0.717) is 39.1 Å². The van der Waals surface area contributed by atoms with Gasteiger partial charge in [0.2, 0.25) is 0 Å². The van der Waals surface area contributed by atoms with Crippen LogP contribution >= 0.6 is 11.6 Å². The van der Waals surface area contributed by atoms with E-state index in [9.17, 15) is 4.79 Å². The Morgan fingerprint density at radius 2 is 2.04 bits per heavy atom. The summed E-state index contributed by atoms with van der Waals surface area (Å²) in [5.41, 5.74) is 2.50. The molecule has 0 spiro atoms. The second-order valence-corrected chi connectivity index (χ2v) is 6.13. The SMILES string of the molecule is C#CCOc1c(Cl)cc(/C=C2/C(=O)N(c3ccccc3)N=C2C)cc1OC. The zero-order valence-electron chi connectivity index (χ0n) is 14.9. The maximum Gasteiger partial charge on any atom is 0.280 e. The maximum absolute atomic E-state index is 12.8. The highest BCUT2D eigenvalue weighted by atomic mass is 35.5. The third-order valence-electron chi connectivity index (χ3n) is 3.93. The number of amides is 1. The van der Waals surface area contributed by atoms with E-state index in [4.69, 9.17) is 27.5 Å². The normalized spacial score (nSPS) is 14.9. The van der Waals surface area contributed by atoms with Crippen molar-refractivity contribution in [2.24, 2.45) is 5.10 Å². The molecule has 0 aliphatic carbocycles. The van der Waals surface area contributed by atoms with E-state index in [2.05, 4.69) is 11.0 Å². The van der Waals surface area contributed by atoms with Gasteiger partial charge in [0.05, 0.1) is 29.1 Å². The fourth-order valence-corrected chi connectivity index (χ4v) is 2.95. The number of para-hydroxylation sites is 1. The van der Waals surface area contributed by atoms with Gasteiger partial charge >= 0.3 is 0 Å². The first-order valence-electron chi connectivity index (χ1n) is 8.15. The highest BCUT2D eigenvalue weighted by Crippen LogP contribution is 2.37. The third kappa shape index (κ3) is 3.81. The molecule has 0 saturated heterocycles. The van der Waals surface area contributed by atoms with E-state index >= 15 is 0 Å². The van der Waals surface area contributed by atoms with Gasteiger partial charge in [-0.1, -0.05) is 35.7 Å². The summed E-state index contributed by atoms with van der Waals surface area (Å²) in [6.45, 7) is 1.86. The minimum absolute atomic E-state index is 0.0762. The van der Waals surface area contributed by atoms with Crippen molar-refractivity contribution in [2.45, 2.75) is 6.92 Å². The zero-order valence-corrected chi connectivity index (χ0v) is 15.7. The van der Waals surface area contributed by atoms with Crippen molar-refractivity contribution >= 4 is 35.0 Å². The second kappa shape index (κ2) is 7.98. The van der Waals surface area contributed by atoms with Crippen LogP contribution in [-0.4, -0.2) is 25.3 Å². The monoisotopic (exact) mass is 380 g/mol. The lowest BCUT2D eigenvalue weighted by molar-refractivity contribution is -0.114. The van der Waals surface area contributed by atoms with E-state index in [1.54, 1.807) is 25.1 Å². The average Bonchev–Trinajstić information content (AvgIpc) is 2.95. The quantitative estimate of drug-likeness (QED) is 0.578. The van der Waals surface area contributed by atoms with Gasteiger partial charge in [-0.25, -0.2) is 0 Å². The van der Waals surface area contributed by atoms with Gasteiger partial charge in [-0.15, -0.1) is 6.42 Å². The lowest BCUT2D eigenvalue weighted by Crippen LogP contribution is -2.21. The third-order valence-corrected chi connectivity index (χ3v) is 4.21. The number of nitrogens with zero attached hydrogens (tertiary/aromatic N) is 2. The number of rotatable bonds is 5. The van der Waals surface area contributed by atoms with Crippen molar-refractivity contribution < 1.29 is 14.3 Å². The van der Waals surface area contributed by atoms with E-state index in [-0.39, 0.29) is 12.5 Å². The number of halogens is 1. The van der Waals surface area contributed by atoms with Crippen molar-refractivity contribution in [2.75, 3.05) is 18.7 Å². The average molecular weight is 381 g/mol. The van der Waals surface area contributed by atoms with Gasteiger partial charge in [-0.2, -0.15) is 10.1 Å². The van der Waals surface area contributed by atoms with Crippen LogP contribution in [0.5, 0.6) is 11.5 Å². The molecule has 5 nitrogen and oxygen atoms in total. The molecule has 0 aromatic heterocycles. The first kappa shape index (κ1) is 18.6. The molecule has 0 unspecified atom stereocenters. The summed E-state index contributed by atoms with van der Waals surface area (Å²) in [6.07, 6.45) is 6.95. The summed E-state index contributed by atoms with van der Waals surface area (Å²) >= 11 is 6.30. The Bertz CT molecular complexity index is 975. The highest BCUT2D eigenvalue weighted by Gasteiger charge is 2.28. The van der Waals surface area contributed by atoms with Crippen molar-refractivity contribution in [1.82, 2.24) is 0 Å². The van der Waals surface area contributed by atoms with Crippen LogP contribution in [0.2, 0.25) is 5.02 Å². The standard InChI is InChI=1S/C21H17ClN2O3/c1-4-10-27-20-18(22)12-15(13-19(20)26-3)11-17-14(2)23-24(21(17)25)16-8-6-5-7-9-16/h1,5-9,11-13H,10H2,2-3H3/b17-11+. The Hall–Kier alpha value is -3.23. The van der Waals surface area contributed by atoms with Crippen molar-refractivity contribution in [3.05, 3.63) is 58.6 Å². The first-order valence-corrected chi connectivity index (χ1v) is 8.53. The van der Waals surface area contributed by atoms with Crippen LogP contribution in [-0.2, 0) is 4.79 Å². The Morgan fingerprint density at radius 1 is 1.30 bits per heavy atom. The molecular weight excluding hydrogens is 364 g/mol. The smallest absolute Gasteiger partial charge is 0.280 e. The summed E-state index contributed by atoms with van der Waals surface area (Å²) in [5.74, 6) is 2.98. The number of hydrazone groups is 1. The van der Waals surface area contributed by atoms with Gasteiger partial charge < -0.3 is 9.47 Å². The molecule has 6 heteroatoms. The summed E-state index contributed by atoms with van der Waals surface area (Å²) in [5, 5.41) is 6.08. The summed E-state index contributed by atoms with van der Waals surface area (Å²) in [7, 11) is 1.51. The van der Waals surface area contributed by atoms with Crippen LogP contribution in [0.15, 0.2) is 53.1 Å². The summed E-state index contributed by atoms with van der Waals surface area (Å²) in [4.78, 5) is 12.8. The van der Waals surface area contributed by atoms with Crippen LogP contribution < -0.4 is 14.5 Å². The van der Waals surface area contributed by atoms with E-state index in [0.717, 1.165) is 0 Å². The van der Waals surface area contributed by atoms with Gasteiger partial charge in [-0.05, 0) is 42.8 Å². The minimum Gasteiger partial charge on any atom is -0.493 e.